The molecule has 1 unspecified atom stereocenters. The zero-order valence-corrected chi connectivity index (χ0v) is 8.05. The van der Waals surface area contributed by atoms with Crippen LogP contribution in [0.25, 0.3) is 0 Å². The fourth-order valence-corrected chi connectivity index (χ4v) is 2.01. The van der Waals surface area contributed by atoms with Gasteiger partial charge in [-0.3, -0.25) is 0 Å². The number of hydrogen-bond donors (Lipinski definition) is 2. The van der Waals surface area contributed by atoms with Gasteiger partial charge in [0.2, 0.25) is 0 Å². The summed E-state index contributed by atoms with van der Waals surface area (Å²) in [6.45, 7) is 0. The van der Waals surface area contributed by atoms with Crippen molar-refractivity contribution in [1.29, 1.82) is 0 Å². The molecule has 10 heavy (non-hydrogen) atoms. The Bertz CT molecular complexity index is 116. The third-order valence-corrected chi connectivity index (χ3v) is 3.36. The van der Waals surface area contributed by atoms with Crippen molar-refractivity contribution in [2.75, 3.05) is 0 Å². The second-order valence-corrected chi connectivity index (χ2v) is 7.42. The van der Waals surface area contributed by atoms with Crippen LogP contribution < -0.4 is 5.73 Å². The van der Waals surface area contributed by atoms with Crippen molar-refractivity contribution in [2.24, 2.45) is 5.73 Å². The van der Waals surface area contributed by atoms with Crippen molar-refractivity contribution < 1.29 is 9.90 Å². The van der Waals surface area contributed by atoms with Crippen LogP contribution >= 0.6 is 0 Å². The summed E-state index contributed by atoms with van der Waals surface area (Å²) in [4.78, 5) is 10.2. The van der Waals surface area contributed by atoms with E-state index in [2.05, 4.69) is 11.6 Å². The number of carbonyl (C=O) groups is 1. The van der Waals surface area contributed by atoms with Gasteiger partial charge in [0.15, 0.2) is 0 Å². The summed E-state index contributed by atoms with van der Waals surface area (Å²) in [7, 11) is 0. The van der Waals surface area contributed by atoms with Crippen molar-refractivity contribution >= 4 is 19.9 Å². The molecule has 0 spiro atoms. The molecule has 0 aliphatic carbocycles. The standard InChI is InChI=1S/C6H14NO2Se/c1-10(2)4-3-5(7)6(8)9/h5H,3-4,7H2,1-2H3,(H,8,9). The zero-order valence-electron chi connectivity index (χ0n) is 6.33. The molecule has 0 aromatic heterocycles. The van der Waals surface area contributed by atoms with Crippen LogP contribution in [0.1, 0.15) is 6.42 Å². The van der Waals surface area contributed by atoms with E-state index in [0.29, 0.717) is 6.42 Å². The summed E-state index contributed by atoms with van der Waals surface area (Å²) >= 11 is -0.497. The summed E-state index contributed by atoms with van der Waals surface area (Å²) in [6, 6.07) is -0.647. The normalized spacial score (nSPS) is 13.6. The van der Waals surface area contributed by atoms with Gasteiger partial charge in [0.25, 0.3) is 0 Å². The number of rotatable bonds is 4. The Kier molecular flexibility index (Phi) is 4.69. The molecule has 0 aliphatic rings. The Balaban J connectivity index is 3.40. The average Bonchev–Trinajstić information content (AvgIpc) is 1.82. The Morgan fingerprint density at radius 1 is 1.70 bits per heavy atom. The van der Waals surface area contributed by atoms with E-state index in [9.17, 15) is 4.79 Å². The molecule has 0 bridgehead atoms. The Labute approximate surface area is 65.5 Å². The van der Waals surface area contributed by atoms with Crippen molar-refractivity contribution in [1.82, 2.24) is 0 Å². The molecule has 1 radical (unpaired) electrons. The maximum absolute atomic E-state index is 10.2. The third-order valence-electron chi connectivity index (χ3n) is 1.15. The van der Waals surface area contributed by atoms with E-state index in [1.807, 2.05) is 0 Å². The summed E-state index contributed by atoms with van der Waals surface area (Å²) in [5, 5.41) is 9.39. The van der Waals surface area contributed by atoms with Gasteiger partial charge in [0.05, 0.1) is 0 Å². The van der Waals surface area contributed by atoms with Gasteiger partial charge in [-0.15, -0.1) is 0 Å². The first-order chi connectivity index (χ1) is 4.54. The van der Waals surface area contributed by atoms with Gasteiger partial charge >= 0.3 is 64.9 Å². The van der Waals surface area contributed by atoms with Crippen molar-refractivity contribution in [3.63, 3.8) is 0 Å². The molecule has 0 amide bonds. The van der Waals surface area contributed by atoms with E-state index in [-0.39, 0.29) is 0 Å². The molecule has 0 aromatic carbocycles. The molecule has 61 valence electrons. The van der Waals surface area contributed by atoms with Crippen LogP contribution in [-0.4, -0.2) is 31.0 Å². The van der Waals surface area contributed by atoms with Gasteiger partial charge in [0.1, 0.15) is 0 Å². The van der Waals surface area contributed by atoms with Crippen LogP contribution in [0.5, 0.6) is 0 Å². The van der Waals surface area contributed by atoms with Gasteiger partial charge in [-0.25, -0.2) is 0 Å². The molecule has 4 heteroatoms. The first-order valence-corrected chi connectivity index (χ1v) is 7.70. The van der Waals surface area contributed by atoms with E-state index in [1.54, 1.807) is 0 Å². The molecule has 0 saturated carbocycles. The Morgan fingerprint density at radius 3 is 2.50 bits per heavy atom. The van der Waals surface area contributed by atoms with Gasteiger partial charge < -0.3 is 0 Å². The van der Waals surface area contributed by atoms with Crippen molar-refractivity contribution in [3.05, 3.63) is 0 Å². The molecule has 0 fully saturated rings. The minimum atomic E-state index is -0.882. The Morgan fingerprint density at radius 2 is 2.20 bits per heavy atom. The Hall–Kier alpha value is -0.0505. The molecule has 3 nitrogen and oxygen atoms in total. The first-order valence-electron chi connectivity index (χ1n) is 3.06. The molecular formula is C6H14NO2Se. The predicted molar refractivity (Wildman–Crippen MR) is 42.5 cm³/mol. The van der Waals surface area contributed by atoms with E-state index in [4.69, 9.17) is 10.8 Å². The molecule has 0 heterocycles. The maximum atomic E-state index is 10.2. The van der Waals surface area contributed by atoms with Gasteiger partial charge in [-0.2, -0.15) is 0 Å². The van der Waals surface area contributed by atoms with Crippen molar-refractivity contribution in [2.45, 2.75) is 29.4 Å². The molecule has 0 aromatic rings. The minimum absolute atomic E-state index is 0.497. The quantitative estimate of drug-likeness (QED) is 0.667. The van der Waals surface area contributed by atoms with Crippen LogP contribution in [0, 0.1) is 0 Å². The molecule has 3 N–H and O–H groups in total. The van der Waals surface area contributed by atoms with Crippen LogP contribution in [0.2, 0.25) is 17.0 Å². The first kappa shape index (κ1) is 9.95. The second kappa shape index (κ2) is 4.72. The predicted octanol–water partition coefficient (Wildman–Crippen LogP) is 0.543. The third kappa shape index (κ3) is 4.79. The van der Waals surface area contributed by atoms with Crippen LogP contribution in [0.4, 0.5) is 0 Å². The SMILES string of the molecule is C[Se](C)CCC(N)C(=O)O. The fourth-order valence-electron chi connectivity index (χ4n) is 0.486. The number of carboxylic acid groups (broad SMARTS) is 1. The molecule has 0 rings (SSSR count). The van der Waals surface area contributed by atoms with Gasteiger partial charge in [-0.1, -0.05) is 0 Å². The zero-order chi connectivity index (χ0) is 8.15. The monoisotopic (exact) mass is 212 g/mol. The summed E-state index contributed by atoms with van der Waals surface area (Å²) in [6.07, 6.45) is 0.632. The molecule has 1 atom stereocenters. The number of nitrogens with two attached hydrogens (primary N) is 1. The number of carboxylic acids is 1. The molecule has 0 aliphatic heterocycles. The summed E-state index contributed by atoms with van der Waals surface area (Å²) in [5.74, 6) is 3.47. The average molecular weight is 211 g/mol. The summed E-state index contributed by atoms with van der Waals surface area (Å²) < 4.78 is 0. The molecular weight excluding hydrogens is 197 g/mol. The van der Waals surface area contributed by atoms with Gasteiger partial charge in [0, 0.05) is 0 Å². The van der Waals surface area contributed by atoms with Crippen LogP contribution in [-0.2, 0) is 4.79 Å². The van der Waals surface area contributed by atoms with Crippen molar-refractivity contribution in [3.8, 4) is 0 Å². The van der Waals surface area contributed by atoms with E-state index >= 15 is 0 Å². The second-order valence-electron chi connectivity index (χ2n) is 2.42. The molecule has 0 saturated heterocycles. The summed E-state index contributed by atoms with van der Waals surface area (Å²) in [5.41, 5.74) is 5.29. The number of aliphatic carboxylic acids is 1. The van der Waals surface area contributed by atoms with Crippen LogP contribution in [0.3, 0.4) is 0 Å². The fraction of sp³-hybridized carbons (Fsp3) is 0.833. The van der Waals surface area contributed by atoms with Crippen LogP contribution in [0.15, 0.2) is 0 Å². The topological polar surface area (TPSA) is 63.3 Å². The van der Waals surface area contributed by atoms with Gasteiger partial charge in [-0.05, 0) is 0 Å². The van der Waals surface area contributed by atoms with E-state index in [1.165, 1.54) is 0 Å². The number of hydrogen-bond acceptors (Lipinski definition) is 2. The van der Waals surface area contributed by atoms with E-state index < -0.39 is 25.9 Å². The van der Waals surface area contributed by atoms with E-state index in [0.717, 1.165) is 5.32 Å².